The number of amides is 1. The standard InChI is InChI=1S/C16H28F3NO2/c1-3-8-15(22,9-4-2)11-14(21)20-13-7-5-6-12(10-13)16(17,18)19/h12-13,22H,3-11H2,1-2H3,(H,20,21). The summed E-state index contributed by atoms with van der Waals surface area (Å²) in [6.45, 7) is 3.88. The maximum absolute atomic E-state index is 12.8. The predicted octanol–water partition coefficient (Wildman–Crippen LogP) is 3.95. The van der Waals surface area contributed by atoms with Crippen molar-refractivity contribution in [3.63, 3.8) is 0 Å². The van der Waals surface area contributed by atoms with Crippen LogP contribution in [0.15, 0.2) is 0 Å². The number of hydrogen-bond acceptors (Lipinski definition) is 2. The molecule has 0 aromatic rings. The van der Waals surface area contributed by atoms with E-state index >= 15 is 0 Å². The number of carbonyl (C=O) groups excluding carboxylic acids is 1. The molecule has 0 radical (unpaired) electrons. The highest BCUT2D eigenvalue weighted by atomic mass is 19.4. The lowest BCUT2D eigenvalue weighted by molar-refractivity contribution is -0.184. The van der Waals surface area contributed by atoms with Crippen LogP contribution in [0.5, 0.6) is 0 Å². The Morgan fingerprint density at radius 1 is 1.18 bits per heavy atom. The first-order valence-corrected chi connectivity index (χ1v) is 8.28. The Morgan fingerprint density at radius 2 is 1.77 bits per heavy atom. The van der Waals surface area contributed by atoms with E-state index in [1.807, 2.05) is 13.8 Å². The van der Waals surface area contributed by atoms with Crippen molar-refractivity contribution in [3.8, 4) is 0 Å². The van der Waals surface area contributed by atoms with Gasteiger partial charge in [0.25, 0.3) is 0 Å². The van der Waals surface area contributed by atoms with Gasteiger partial charge in [-0.3, -0.25) is 4.79 Å². The monoisotopic (exact) mass is 323 g/mol. The van der Waals surface area contributed by atoms with Gasteiger partial charge in [0, 0.05) is 6.04 Å². The Labute approximate surface area is 130 Å². The van der Waals surface area contributed by atoms with Crippen molar-refractivity contribution >= 4 is 5.91 Å². The normalized spacial score (nSPS) is 23.4. The van der Waals surface area contributed by atoms with E-state index in [0.717, 1.165) is 12.8 Å². The summed E-state index contributed by atoms with van der Waals surface area (Å²) in [5.41, 5.74) is -1.04. The second-order valence-electron chi connectivity index (χ2n) is 6.57. The zero-order valence-electron chi connectivity index (χ0n) is 13.5. The molecule has 1 fully saturated rings. The minimum atomic E-state index is -4.19. The summed E-state index contributed by atoms with van der Waals surface area (Å²) in [6.07, 6.45) is -0.459. The summed E-state index contributed by atoms with van der Waals surface area (Å²) in [4.78, 5) is 12.1. The smallest absolute Gasteiger partial charge is 0.389 e. The van der Waals surface area contributed by atoms with Crippen molar-refractivity contribution in [1.82, 2.24) is 5.32 Å². The SMILES string of the molecule is CCCC(O)(CCC)CC(=O)NC1CCCC(C(F)(F)F)C1. The fourth-order valence-corrected chi connectivity index (χ4v) is 3.43. The Morgan fingerprint density at radius 3 is 2.27 bits per heavy atom. The fourth-order valence-electron chi connectivity index (χ4n) is 3.43. The molecular formula is C16H28F3NO2. The minimum absolute atomic E-state index is 0.0259. The second-order valence-corrected chi connectivity index (χ2v) is 6.57. The van der Waals surface area contributed by atoms with Crippen LogP contribution in [-0.2, 0) is 4.79 Å². The molecule has 1 aliphatic carbocycles. The fraction of sp³-hybridized carbons (Fsp3) is 0.938. The van der Waals surface area contributed by atoms with E-state index in [0.29, 0.717) is 25.7 Å². The van der Waals surface area contributed by atoms with Gasteiger partial charge in [-0.1, -0.05) is 33.1 Å². The molecule has 0 aliphatic heterocycles. The third-order valence-corrected chi connectivity index (χ3v) is 4.42. The first-order valence-electron chi connectivity index (χ1n) is 8.28. The van der Waals surface area contributed by atoms with Crippen molar-refractivity contribution in [3.05, 3.63) is 0 Å². The van der Waals surface area contributed by atoms with Crippen molar-refractivity contribution in [2.24, 2.45) is 5.92 Å². The van der Waals surface area contributed by atoms with Gasteiger partial charge in [-0.15, -0.1) is 0 Å². The summed E-state index contributed by atoms with van der Waals surface area (Å²) in [7, 11) is 0. The summed E-state index contributed by atoms with van der Waals surface area (Å²) in [5.74, 6) is -1.66. The molecule has 22 heavy (non-hydrogen) atoms. The molecule has 3 nitrogen and oxygen atoms in total. The van der Waals surface area contributed by atoms with Crippen LogP contribution in [-0.4, -0.2) is 28.8 Å². The lowest BCUT2D eigenvalue weighted by Crippen LogP contribution is -2.44. The third-order valence-electron chi connectivity index (χ3n) is 4.42. The van der Waals surface area contributed by atoms with E-state index in [1.165, 1.54) is 0 Å². The molecule has 0 bridgehead atoms. The first-order chi connectivity index (χ1) is 10.2. The van der Waals surface area contributed by atoms with Crippen LogP contribution < -0.4 is 5.32 Å². The van der Waals surface area contributed by atoms with Crippen molar-refractivity contribution in [2.75, 3.05) is 0 Å². The van der Waals surface area contributed by atoms with Crippen LogP contribution >= 0.6 is 0 Å². The average Bonchev–Trinajstić information content (AvgIpc) is 2.37. The predicted molar refractivity (Wildman–Crippen MR) is 79.3 cm³/mol. The molecule has 0 spiro atoms. The molecule has 2 unspecified atom stereocenters. The maximum Gasteiger partial charge on any atom is 0.391 e. The van der Waals surface area contributed by atoms with E-state index in [1.54, 1.807) is 0 Å². The van der Waals surface area contributed by atoms with Crippen LogP contribution in [0.3, 0.4) is 0 Å². The summed E-state index contributed by atoms with van der Waals surface area (Å²) in [5, 5.41) is 13.1. The van der Waals surface area contributed by atoms with Crippen LogP contribution in [0.2, 0.25) is 0 Å². The van der Waals surface area contributed by atoms with Crippen molar-refractivity contribution in [2.45, 2.75) is 89.5 Å². The minimum Gasteiger partial charge on any atom is -0.389 e. The van der Waals surface area contributed by atoms with Gasteiger partial charge in [0.05, 0.1) is 17.9 Å². The van der Waals surface area contributed by atoms with Crippen LogP contribution in [0.25, 0.3) is 0 Å². The van der Waals surface area contributed by atoms with Crippen molar-refractivity contribution < 1.29 is 23.1 Å². The number of hydrogen-bond donors (Lipinski definition) is 2. The van der Waals surface area contributed by atoms with Crippen LogP contribution in [0, 0.1) is 5.92 Å². The molecular weight excluding hydrogens is 295 g/mol. The lowest BCUT2D eigenvalue weighted by Gasteiger charge is -2.32. The molecule has 2 N–H and O–H groups in total. The summed E-state index contributed by atoms with van der Waals surface area (Å²) in [6, 6.07) is -0.430. The van der Waals surface area contributed by atoms with Gasteiger partial charge in [-0.25, -0.2) is 0 Å². The molecule has 1 rings (SSSR count). The Balaban J connectivity index is 2.53. The largest absolute Gasteiger partial charge is 0.391 e. The Bertz CT molecular complexity index is 352. The second kappa shape index (κ2) is 8.18. The molecule has 130 valence electrons. The van der Waals surface area contributed by atoms with Gasteiger partial charge >= 0.3 is 6.18 Å². The van der Waals surface area contributed by atoms with E-state index in [9.17, 15) is 23.1 Å². The number of nitrogens with one attached hydrogen (secondary N) is 1. The van der Waals surface area contributed by atoms with Crippen LogP contribution in [0.4, 0.5) is 13.2 Å². The highest BCUT2D eigenvalue weighted by molar-refractivity contribution is 5.77. The quantitative estimate of drug-likeness (QED) is 0.745. The highest BCUT2D eigenvalue weighted by Crippen LogP contribution is 2.37. The average molecular weight is 323 g/mol. The third kappa shape index (κ3) is 6.15. The van der Waals surface area contributed by atoms with E-state index in [2.05, 4.69) is 5.32 Å². The molecule has 1 aliphatic rings. The number of rotatable bonds is 7. The van der Waals surface area contributed by atoms with Gasteiger partial charge in [0.2, 0.25) is 5.91 Å². The van der Waals surface area contributed by atoms with Gasteiger partial charge in [0.15, 0.2) is 0 Å². The van der Waals surface area contributed by atoms with Crippen molar-refractivity contribution in [1.29, 1.82) is 0 Å². The zero-order chi connectivity index (χ0) is 16.8. The van der Waals surface area contributed by atoms with Gasteiger partial charge in [0.1, 0.15) is 0 Å². The maximum atomic E-state index is 12.8. The van der Waals surface area contributed by atoms with Gasteiger partial charge < -0.3 is 10.4 Å². The topological polar surface area (TPSA) is 49.3 Å². The molecule has 0 aromatic heterocycles. The number of aliphatic hydroxyl groups is 1. The van der Waals surface area contributed by atoms with E-state index < -0.39 is 23.7 Å². The highest BCUT2D eigenvalue weighted by Gasteiger charge is 2.42. The van der Waals surface area contributed by atoms with Crippen LogP contribution in [0.1, 0.15) is 71.6 Å². The molecule has 1 amide bonds. The van der Waals surface area contributed by atoms with Gasteiger partial charge in [-0.2, -0.15) is 13.2 Å². The molecule has 0 saturated heterocycles. The molecule has 1 saturated carbocycles. The van der Waals surface area contributed by atoms with E-state index in [4.69, 9.17) is 0 Å². The molecule has 0 heterocycles. The van der Waals surface area contributed by atoms with E-state index in [-0.39, 0.29) is 25.2 Å². The Hall–Kier alpha value is -0.780. The number of alkyl halides is 3. The molecule has 6 heteroatoms. The molecule has 0 aromatic carbocycles. The lowest BCUT2D eigenvalue weighted by atomic mass is 9.84. The summed E-state index contributed by atoms with van der Waals surface area (Å²) >= 11 is 0. The molecule has 2 atom stereocenters. The number of carbonyl (C=O) groups is 1. The first kappa shape index (κ1) is 19.3. The summed E-state index contributed by atoms with van der Waals surface area (Å²) < 4.78 is 38.3. The number of halogens is 3. The Kier molecular flexibility index (Phi) is 7.16. The van der Waals surface area contributed by atoms with Gasteiger partial charge in [-0.05, 0) is 32.1 Å². The zero-order valence-corrected chi connectivity index (χ0v) is 13.5.